The third-order valence-corrected chi connectivity index (χ3v) is 3.52. The van der Waals surface area contributed by atoms with Gasteiger partial charge in [0.1, 0.15) is 5.82 Å². The van der Waals surface area contributed by atoms with Crippen molar-refractivity contribution in [2.75, 3.05) is 27.2 Å². The molecule has 0 heterocycles. The molecule has 1 amide bonds. The minimum absolute atomic E-state index is 0.00395. The monoisotopic (exact) mass is 322 g/mol. The molecular weight excluding hydrogens is 295 g/mol. The summed E-state index contributed by atoms with van der Waals surface area (Å²) in [6.45, 7) is 7.25. The van der Waals surface area contributed by atoms with E-state index in [0.717, 1.165) is 5.56 Å². The summed E-state index contributed by atoms with van der Waals surface area (Å²) in [4.78, 5) is 18.1. The van der Waals surface area contributed by atoms with Crippen molar-refractivity contribution in [1.29, 1.82) is 0 Å². The number of hydrogen-bond donors (Lipinski definition) is 2. The van der Waals surface area contributed by atoms with Gasteiger partial charge in [0.15, 0.2) is 5.96 Å². The number of nitrogens with zero attached hydrogens (tertiary/aromatic N) is 2. The molecule has 1 rings (SSSR count). The van der Waals surface area contributed by atoms with E-state index in [1.807, 2.05) is 38.8 Å². The fourth-order valence-corrected chi connectivity index (χ4v) is 2.15. The second-order valence-electron chi connectivity index (χ2n) is 6.13. The number of halogens is 1. The zero-order chi connectivity index (χ0) is 17.5. The largest absolute Gasteiger partial charge is 0.356 e. The lowest BCUT2D eigenvalue weighted by atomic mass is 9.92. The van der Waals surface area contributed by atoms with Crippen molar-refractivity contribution < 1.29 is 9.18 Å². The van der Waals surface area contributed by atoms with Gasteiger partial charge in [-0.2, -0.15) is 0 Å². The molecule has 0 atom stereocenters. The highest BCUT2D eigenvalue weighted by molar-refractivity contribution is 5.84. The Bertz CT molecular complexity index is 557. The standard InChI is InChI=1S/C17H27FN4O/c1-6-20-15(23)17(2,3)12-21-16(19-4)22(5)11-13-8-7-9-14(18)10-13/h7-10H,6,11-12H2,1-5H3,(H,19,21)(H,20,23). The topological polar surface area (TPSA) is 56.7 Å². The van der Waals surface area contributed by atoms with Crippen LogP contribution < -0.4 is 10.6 Å². The smallest absolute Gasteiger partial charge is 0.227 e. The molecule has 128 valence electrons. The van der Waals surface area contributed by atoms with Crippen LogP contribution in [0.1, 0.15) is 26.3 Å². The summed E-state index contributed by atoms with van der Waals surface area (Å²) in [6.07, 6.45) is 0. The first kappa shape index (κ1) is 18.9. The predicted octanol–water partition coefficient (Wildman–Crippen LogP) is 2.00. The number of carbonyl (C=O) groups excluding carboxylic acids is 1. The van der Waals surface area contributed by atoms with E-state index in [1.54, 1.807) is 13.1 Å². The number of hydrogen-bond acceptors (Lipinski definition) is 2. The number of carbonyl (C=O) groups is 1. The summed E-state index contributed by atoms with van der Waals surface area (Å²) in [5.41, 5.74) is 0.310. The fraction of sp³-hybridized carbons (Fsp3) is 0.529. The third-order valence-electron chi connectivity index (χ3n) is 3.52. The van der Waals surface area contributed by atoms with E-state index >= 15 is 0 Å². The first-order valence-electron chi connectivity index (χ1n) is 7.74. The van der Waals surface area contributed by atoms with Crippen LogP contribution in [0.3, 0.4) is 0 Å². The average Bonchev–Trinajstić information content (AvgIpc) is 2.48. The maximum absolute atomic E-state index is 13.3. The summed E-state index contributed by atoms with van der Waals surface area (Å²) in [6, 6.07) is 6.48. The van der Waals surface area contributed by atoms with Crippen molar-refractivity contribution in [1.82, 2.24) is 15.5 Å². The van der Waals surface area contributed by atoms with Crippen LogP contribution in [0.2, 0.25) is 0 Å². The molecule has 6 heteroatoms. The number of guanidine groups is 1. The quantitative estimate of drug-likeness (QED) is 0.622. The lowest BCUT2D eigenvalue weighted by Crippen LogP contribution is -2.48. The van der Waals surface area contributed by atoms with Gasteiger partial charge in [-0.05, 0) is 38.5 Å². The molecule has 0 aliphatic rings. The highest BCUT2D eigenvalue weighted by Gasteiger charge is 2.27. The van der Waals surface area contributed by atoms with E-state index in [2.05, 4.69) is 15.6 Å². The normalized spacial score (nSPS) is 12.0. The van der Waals surface area contributed by atoms with Crippen LogP contribution in [-0.2, 0) is 11.3 Å². The van der Waals surface area contributed by atoms with Gasteiger partial charge in [-0.3, -0.25) is 9.79 Å². The van der Waals surface area contributed by atoms with Crippen LogP contribution >= 0.6 is 0 Å². The zero-order valence-corrected chi connectivity index (χ0v) is 14.6. The second-order valence-corrected chi connectivity index (χ2v) is 6.13. The Hall–Kier alpha value is -2.11. The maximum atomic E-state index is 13.3. The van der Waals surface area contributed by atoms with Gasteiger partial charge < -0.3 is 15.5 Å². The summed E-state index contributed by atoms with van der Waals surface area (Å²) in [5, 5.41) is 6.03. The molecule has 1 aromatic rings. The Kier molecular flexibility index (Phi) is 7.00. The van der Waals surface area contributed by atoms with Gasteiger partial charge >= 0.3 is 0 Å². The number of amides is 1. The van der Waals surface area contributed by atoms with Crippen molar-refractivity contribution >= 4 is 11.9 Å². The van der Waals surface area contributed by atoms with Crippen LogP contribution in [0.5, 0.6) is 0 Å². The van der Waals surface area contributed by atoms with Crippen LogP contribution in [0, 0.1) is 11.2 Å². The number of benzene rings is 1. The van der Waals surface area contributed by atoms with Gasteiger partial charge in [-0.1, -0.05) is 12.1 Å². The van der Waals surface area contributed by atoms with Gasteiger partial charge in [0.25, 0.3) is 0 Å². The Morgan fingerprint density at radius 2 is 2.04 bits per heavy atom. The molecule has 2 N–H and O–H groups in total. The summed E-state index contributed by atoms with van der Waals surface area (Å²) < 4.78 is 13.3. The second kappa shape index (κ2) is 8.50. The molecule has 0 bridgehead atoms. The minimum Gasteiger partial charge on any atom is -0.356 e. The van der Waals surface area contributed by atoms with Crippen molar-refractivity contribution in [2.24, 2.45) is 10.4 Å². The van der Waals surface area contributed by atoms with Gasteiger partial charge in [-0.25, -0.2) is 4.39 Å². The van der Waals surface area contributed by atoms with Gasteiger partial charge in [0.2, 0.25) is 5.91 Å². The van der Waals surface area contributed by atoms with Crippen LogP contribution in [0.4, 0.5) is 4.39 Å². The maximum Gasteiger partial charge on any atom is 0.227 e. The Morgan fingerprint density at radius 1 is 1.35 bits per heavy atom. The van der Waals surface area contributed by atoms with E-state index in [4.69, 9.17) is 0 Å². The molecule has 0 saturated heterocycles. The van der Waals surface area contributed by atoms with Crippen LogP contribution in [-0.4, -0.2) is 44.0 Å². The third kappa shape index (κ3) is 5.88. The van der Waals surface area contributed by atoms with Crippen molar-refractivity contribution in [3.05, 3.63) is 35.6 Å². The Morgan fingerprint density at radius 3 is 2.61 bits per heavy atom. The average molecular weight is 322 g/mol. The summed E-state index contributed by atoms with van der Waals surface area (Å²) >= 11 is 0. The molecule has 0 unspecified atom stereocenters. The van der Waals surface area contributed by atoms with E-state index < -0.39 is 5.41 Å². The first-order valence-corrected chi connectivity index (χ1v) is 7.74. The SMILES string of the molecule is CCNC(=O)C(C)(C)CNC(=NC)N(C)Cc1cccc(F)c1. The Balaban J connectivity index is 2.64. The molecule has 1 aromatic carbocycles. The van der Waals surface area contributed by atoms with Gasteiger partial charge in [0.05, 0.1) is 5.41 Å². The van der Waals surface area contributed by atoms with E-state index in [9.17, 15) is 9.18 Å². The lowest BCUT2D eigenvalue weighted by Gasteiger charge is -2.28. The van der Waals surface area contributed by atoms with Crippen molar-refractivity contribution in [3.63, 3.8) is 0 Å². The van der Waals surface area contributed by atoms with Crippen molar-refractivity contribution in [2.45, 2.75) is 27.3 Å². The van der Waals surface area contributed by atoms with Gasteiger partial charge in [0, 0.05) is 33.7 Å². The molecule has 0 fully saturated rings. The summed E-state index contributed by atoms with van der Waals surface area (Å²) in [5.74, 6) is 0.401. The van der Waals surface area contributed by atoms with Crippen LogP contribution in [0.15, 0.2) is 29.3 Å². The molecule has 0 saturated carbocycles. The Labute approximate surface area is 138 Å². The molecule has 0 spiro atoms. The molecule has 0 aromatic heterocycles. The van der Waals surface area contributed by atoms with E-state index in [-0.39, 0.29) is 11.7 Å². The summed E-state index contributed by atoms with van der Waals surface area (Å²) in [7, 11) is 3.56. The van der Waals surface area contributed by atoms with E-state index in [1.165, 1.54) is 12.1 Å². The molecule has 5 nitrogen and oxygen atoms in total. The first-order chi connectivity index (χ1) is 10.8. The highest BCUT2D eigenvalue weighted by Crippen LogP contribution is 2.14. The molecule has 0 aliphatic heterocycles. The van der Waals surface area contributed by atoms with Crippen LogP contribution in [0.25, 0.3) is 0 Å². The van der Waals surface area contributed by atoms with E-state index in [0.29, 0.717) is 25.6 Å². The molecule has 0 radical (unpaired) electrons. The van der Waals surface area contributed by atoms with Crippen molar-refractivity contribution in [3.8, 4) is 0 Å². The molecular formula is C17H27FN4O. The minimum atomic E-state index is -0.550. The number of aliphatic imine (C=N–C) groups is 1. The zero-order valence-electron chi connectivity index (χ0n) is 14.6. The molecule has 0 aliphatic carbocycles. The highest BCUT2D eigenvalue weighted by atomic mass is 19.1. The fourth-order valence-electron chi connectivity index (χ4n) is 2.15. The number of rotatable bonds is 6. The predicted molar refractivity (Wildman–Crippen MR) is 91.7 cm³/mol. The lowest BCUT2D eigenvalue weighted by molar-refractivity contribution is -0.128. The number of nitrogens with one attached hydrogen (secondary N) is 2. The molecule has 23 heavy (non-hydrogen) atoms. The van der Waals surface area contributed by atoms with Gasteiger partial charge in [-0.15, -0.1) is 0 Å².